The second-order valence-electron chi connectivity index (χ2n) is 8.75. The van der Waals surface area contributed by atoms with Crippen LogP contribution in [0.2, 0.25) is 0 Å². The predicted molar refractivity (Wildman–Crippen MR) is 147 cm³/mol. The number of hydrogen-bond acceptors (Lipinski definition) is 11. The highest BCUT2D eigenvalue weighted by molar-refractivity contribution is 7.71. The smallest absolute Gasteiger partial charge is 0.335 e. The lowest BCUT2D eigenvalue weighted by atomic mass is 10.1. The van der Waals surface area contributed by atoms with E-state index in [1.165, 1.54) is 22.6 Å². The molecule has 6 N–H and O–H groups in total. The van der Waals surface area contributed by atoms with Crippen LogP contribution in [0, 0.1) is 4.84 Å². The topological polar surface area (TPSA) is 211 Å². The summed E-state index contributed by atoms with van der Waals surface area (Å²) in [6.45, 7) is 0.122. The van der Waals surface area contributed by atoms with Crippen LogP contribution in [0.25, 0.3) is 5.78 Å². The van der Waals surface area contributed by atoms with Crippen molar-refractivity contribution in [2.24, 2.45) is 0 Å². The van der Waals surface area contributed by atoms with Gasteiger partial charge in [-0.05, 0) is 58.8 Å². The molecule has 3 aromatic carbocycles. The summed E-state index contributed by atoms with van der Waals surface area (Å²) in [5, 5.41) is 20.9. The Balaban J connectivity index is 1.30. The Labute approximate surface area is 234 Å². The van der Waals surface area contributed by atoms with Crippen molar-refractivity contribution < 1.29 is 24.0 Å². The highest BCUT2D eigenvalue weighted by Crippen LogP contribution is 2.19. The number of aromatic carboxylic acids is 1. The van der Waals surface area contributed by atoms with Crippen LogP contribution in [0.5, 0.6) is 0 Å². The summed E-state index contributed by atoms with van der Waals surface area (Å²) in [6.07, 6.45) is 0. The summed E-state index contributed by atoms with van der Waals surface area (Å²) in [6, 6.07) is 13.9. The minimum absolute atomic E-state index is 0.0167. The number of nitrogens with zero attached hydrogens (tertiary/aromatic N) is 3. The molecule has 15 heteroatoms. The van der Waals surface area contributed by atoms with E-state index in [2.05, 4.69) is 26.1 Å². The maximum Gasteiger partial charge on any atom is 0.335 e. The second-order valence-corrected chi connectivity index (χ2v) is 9.10. The van der Waals surface area contributed by atoms with Crippen LogP contribution in [0.4, 0.5) is 17.1 Å². The third-order valence-corrected chi connectivity index (χ3v) is 6.30. The largest absolute Gasteiger partial charge is 0.478 e. The van der Waals surface area contributed by atoms with Gasteiger partial charge in [0.05, 0.1) is 5.56 Å². The molecule has 5 rings (SSSR count). The fourth-order valence-corrected chi connectivity index (χ4v) is 4.10. The van der Waals surface area contributed by atoms with Crippen molar-refractivity contribution in [3.05, 3.63) is 108 Å². The van der Waals surface area contributed by atoms with E-state index in [1.807, 2.05) is 0 Å². The van der Waals surface area contributed by atoms with Crippen molar-refractivity contribution in [2.75, 3.05) is 11.1 Å². The molecular weight excluding hydrogens is 554 g/mol. The third kappa shape index (κ3) is 5.41. The number of carboxylic acid groups (broad SMARTS) is 1. The number of nitrogens with two attached hydrogens (primary N) is 1. The zero-order valence-electron chi connectivity index (χ0n) is 20.8. The number of nitrogen functional groups attached to an aromatic ring is 1. The van der Waals surface area contributed by atoms with Crippen molar-refractivity contribution in [3.8, 4) is 0 Å². The monoisotopic (exact) mass is 573 g/mol. The number of carbonyl (C=O) groups is 3. The van der Waals surface area contributed by atoms with Crippen LogP contribution < -0.4 is 32.5 Å². The summed E-state index contributed by atoms with van der Waals surface area (Å²) < 4.78 is 6.16. The Morgan fingerprint density at radius 3 is 2.37 bits per heavy atom. The van der Waals surface area contributed by atoms with Crippen LogP contribution in [-0.2, 0) is 13.1 Å². The zero-order chi connectivity index (χ0) is 29.3. The van der Waals surface area contributed by atoms with Crippen molar-refractivity contribution in [1.29, 1.82) is 0 Å². The molecular formula is C26H19N7O7S. The maximum atomic E-state index is 13.1. The highest BCUT2D eigenvalue weighted by atomic mass is 32.1. The van der Waals surface area contributed by atoms with E-state index < -0.39 is 28.6 Å². The van der Waals surface area contributed by atoms with E-state index in [1.54, 1.807) is 36.4 Å². The number of nitrogens with one attached hydrogen (secondary N) is 3. The van der Waals surface area contributed by atoms with Gasteiger partial charge in [0.2, 0.25) is 0 Å². The van der Waals surface area contributed by atoms with Crippen LogP contribution in [0.1, 0.15) is 42.5 Å². The van der Waals surface area contributed by atoms with Gasteiger partial charge in [0, 0.05) is 18.8 Å². The molecule has 14 nitrogen and oxygen atoms in total. The molecule has 41 heavy (non-hydrogen) atoms. The standard InChI is InChI=1S/C26H19N7O7S/c27-18-19(21(35)20(18)34)30-15-3-1-2-13(8-15)11-28-22(36)16-9-17(33-25(31-16)32-40-26(33)41)23(37)29-10-12-4-6-14(7-5-12)24(38)39/h1-9,30H,10-11,27H2,(H,28,36)(H,29,37)(H,38,39). The van der Waals surface area contributed by atoms with Gasteiger partial charge >= 0.3 is 10.8 Å². The van der Waals surface area contributed by atoms with Gasteiger partial charge in [-0.2, -0.15) is 0 Å². The maximum absolute atomic E-state index is 13.1. The molecule has 0 bridgehead atoms. The average Bonchev–Trinajstić information content (AvgIpc) is 3.37. The molecule has 0 aliphatic heterocycles. The molecule has 206 valence electrons. The molecule has 5 aromatic rings. The Morgan fingerprint density at radius 2 is 1.66 bits per heavy atom. The minimum atomic E-state index is -1.07. The molecule has 2 heterocycles. The second kappa shape index (κ2) is 10.8. The number of rotatable bonds is 9. The molecule has 0 aliphatic rings. The van der Waals surface area contributed by atoms with E-state index >= 15 is 0 Å². The molecule has 0 spiro atoms. The molecule has 0 atom stereocenters. The predicted octanol–water partition coefficient (Wildman–Crippen LogP) is 1.53. The molecule has 0 saturated carbocycles. The Kier molecular flexibility index (Phi) is 7.09. The fourth-order valence-electron chi connectivity index (χ4n) is 3.88. The highest BCUT2D eigenvalue weighted by Gasteiger charge is 2.20. The van der Waals surface area contributed by atoms with Gasteiger partial charge in [-0.1, -0.05) is 24.3 Å². The average molecular weight is 574 g/mol. The first-order chi connectivity index (χ1) is 19.6. The van der Waals surface area contributed by atoms with E-state index in [0.29, 0.717) is 16.8 Å². The van der Waals surface area contributed by atoms with Gasteiger partial charge in [-0.25, -0.2) is 14.2 Å². The minimum Gasteiger partial charge on any atom is -0.478 e. The summed E-state index contributed by atoms with van der Waals surface area (Å²) in [4.78, 5) is 64.1. The SMILES string of the molecule is Nc1c(Nc2cccc(CNC(=O)c3cc(C(=O)NCc4ccc(C(=O)O)cc4)n4c(=S)onc4n3)c2)c(=O)c1=O. The number of carbonyl (C=O) groups excluding carboxylic acids is 2. The summed E-state index contributed by atoms with van der Waals surface area (Å²) in [7, 11) is 0. The Hall–Kier alpha value is -5.70. The first-order valence-corrected chi connectivity index (χ1v) is 12.3. The quantitative estimate of drug-likeness (QED) is 0.126. The lowest BCUT2D eigenvalue weighted by Gasteiger charge is -2.12. The molecule has 0 radical (unpaired) electrons. The van der Waals surface area contributed by atoms with E-state index in [-0.39, 0.29) is 52.0 Å². The Morgan fingerprint density at radius 1 is 0.951 bits per heavy atom. The first-order valence-electron chi connectivity index (χ1n) is 11.8. The number of hydrogen-bond donors (Lipinski definition) is 5. The molecule has 0 aliphatic carbocycles. The van der Waals surface area contributed by atoms with Crippen molar-refractivity contribution in [2.45, 2.75) is 13.1 Å². The number of fused-ring (bicyclic) bond motifs is 1. The van der Waals surface area contributed by atoms with Gasteiger partial charge in [0.15, 0.2) is 0 Å². The van der Waals surface area contributed by atoms with E-state index in [9.17, 15) is 24.0 Å². The summed E-state index contributed by atoms with van der Waals surface area (Å²) in [5.74, 6) is -2.40. The van der Waals surface area contributed by atoms with Gasteiger partial charge in [-0.3, -0.25) is 19.2 Å². The lowest BCUT2D eigenvalue weighted by Crippen LogP contribution is -2.36. The van der Waals surface area contributed by atoms with Crippen LogP contribution in [0.3, 0.4) is 0 Å². The van der Waals surface area contributed by atoms with Crippen LogP contribution >= 0.6 is 12.2 Å². The molecule has 2 amide bonds. The third-order valence-electron chi connectivity index (χ3n) is 6.04. The number of aromatic nitrogens is 3. The molecule has 2 aromatic heterocycles. The summed E-state index contributed by atoms with van der Waals surface area (Å²) >= 11 is 5.11. The van der Waals surface area contributed by atoms with Gasteiger partial charge in [-0.15, -0.1) is 0 Å². The van der Waals surface area contributed by atoms with Gasteiger partial charge < -0.3 is 31.3 Å². The van der Waals surface area contributed by atoms with Gasteiger partial charge in [0.25, 0.3) is 28.4 Å². The van der Waals surface area contributed by atoms with Crippen molar-refractivity contribution in [3.63, 3.8) is 0 Å². The number of amides is 2. The van der Waals surface area contributed by atoms with Crippen LogP contribution in [0.15, 0.2) is 68.7 Å². The molecule has 0 unspecified atom stereocenters. The van der Waals surface area contributed by atoms with E-state index in [0.717, 1.165) is 0 Å². The van der Waals surface area contributed by atoms with Crippen molar-refractivity contribution >= 4 is 52.8 Å². The number of benzene rings is 2. The van der Waals surface area contributed by atoms with Gasteiger partial charge in [0.1, 0.15) is 22.8 Å². The zero-order valence-corrected chi connectivity index (χ0v) is 21.7. The molecule has 0 saturated heterocycles. The van der Waals surface area contributed by atoms with E-state index in [4.69, 9.17) is 27.6 Å². The molecule has 0 fully saturated rings. The Bertz CT molecular complexity index is 1970. The number of carboxylic acids is 1. The number of anilines is 3. The fraction of sp³-hybridized carbons (Fsp3) is 0.0769. The first kappa shape index (κ1) is 26.9. The van der Waals surface area contributed by atoms with Crippen molar-refractivity contribution in [1.82, 2.24) is 25.2 Å². The lowest BCUT2D eigenvalue weighted by molar-refractivity contribution is 0.0696. The normalized spacial score (nSPS) is 10.9. The van der Waals surface area contributed by atoms with Crippen LogP contribution in [-0.4, -0.2) is 37.4 Å². The summed E-state index contributed by atoms with van der Waals surface area (Å²) in [5.41, 5.74) is 5.70.